The number of nitrogens with zero attached hydrogens (tertiary/aromatic N) is 5. The SMILES string of the molecule is O=C(c1cccc2ncccc12)N1CCC(c2nnc3n2CCC3)CC1. The van der Waals surface area contributed by atoms with Crippen LogP contribution in [0, 0.1) is 0 Å². The highest BCUT2D eigenvalue weighted by molar-refractivity contribution is 6.06. The molecule has 0 spiro atoms. The van der Waals surface area contributed by atoms with Gasteiger partial charge < -0.3 is 9.47 Å². The predicted octanol–water partition coefficient (Wildman–Crippen LogP) is 2.79. The van der Waals surface area contributed by atoms with Crippen molar-refractivity contribution in [2.75, 3.05) is 13.1 Å². The van der Waals surface area contributed by atoms with E-state index in [0.29, 0.717) is 5.92 Å². The Bertz CT molecular complexity index is 966. The van der Waals surface area contributed by atoms with Gasteiger partial charge in [0.15, 0.2) is 0 Å². The number of carbonyl (C=O) groups is 1. The summed E-state index contributed by atoms with van der Waals surface area (Å²) in [7, 11) is 0. The number of rotatable bonds is 2. The van der Waals surface area contributed by atoms with Gasteiger partial charge in [-0.25, -0.2) is 0 Å². The zero-order chi connectivity index (χ0) is 17.5. The van der Waals surface area contributed by atoms with Crippen LogP contribution in [0.1, 0.15) is 47.2 Å². The highest BCUT2D eigenvalue weighted by atomic mass is 16.2. The lowest BCUT2D eigenvalue weighted by Crippen LogP contribution is -2.38. The third-order valence-electron chi connectivity index (χ3n) is 5.66. The second-order valence-corrected chi connectivity index (χ2v) is 7.17. The van der Waals surface area contributed by atoms with Crippen molar-refractivity contribution in [2.45, 2.75) is 38.1 Å². The summed E-state index contributed by atoms with van der Waals surface area (Å²) >= 11 is 0. The van der Waals surface area contributed by atoms with Gasteiger partial charge in [0.05, 0.1) is 5.52 Å². The molecule has 0 unspecified atom stereocenters. The van der Waals surface area contributed by atoms with Crippen LogP contribution < -0.4 is 0 Å². The topological polar surface area (TPSA) is 63.9 Å². The minimum atomic E-state index is 0.105. The maximum Gasteiger partial charge on any atom is 0.254 e. The average molecular weight is 347 g/mol. The van der Waals surface area contributed by atoms with E-state index >= 15 is 0 Å². The predicted molar refractivity (Wildman–Crippen MR) is 98.0 cm³/mol. The van der Waals surface area contributed by atoms with E-state index in [4.69, 9.17) is 0 Å². The average Bonchev–Trinajstić information content (AvgIpc) is 3.31. The van der Waals surface area contributed by atoms with E-state index in [1.165, 1.54) is 6.42 Å². The summed E-state index contributed by atoms with van der Waals surface area (Å²) in [5.74, 6) is 2.77. The number of aryl methyl sites for hydroxylation is 1. The number of piperidine rings is 1. The molecule has 2 aliphatic rings. The van der Waals surface area contributed by atoms with Gasteiger partial charge in [-0.15, -0.1) is 10.2 Å². The molecule has 0 bridgehead atoms. The number of fused-ring (bicyclic) bond motifs is 2. The van der Waals surface area contributed by atoms with Crippen LogP contribution in [0.4, 0.5) is 0 Å². The fraction of sp³-hybridized carbons (Fsp3) is 0.400. The van der Waals surface area contributed by atoms with Gasteiger partial charge in [-0.05, 0) is 37.5 Å². The van der Waals surface area contributed by atoms with Crippen LogP contribution in [0.5, 0.6) is 0 Å². The molecule has 4 heterocycles. The van der Waals surface area contributed by atoms with Gasteiger partial charge in [-0.3, -0.25) is 9.78 Å². The zero-order valence-electron chi connectivity index (χ0n) is 14.6. The highest BCUT2D eigenvalue weighted by Gasteiger charge is 2.30. The molecule has 6 nitrogen and oxygen atoms in total. The zero-order valence-corrected chi connectivity index (χ0v) is 14.6. The van der Waals surface area contributed by atoms with Crippen LogP contribution in [0.2, 0.25) is 0 Å². The van der Waals surface area contributed by atoms with E-state index in [9.17, 15) is 4.79 Å². The Labute approximate surface area is 151 Å². The minimum absolute atomic E-state index is 0.105. The Balaban J connectivity index is 1.34. The molecule has 0 atom stereocenters. The third kappa shape index (κ3) is 2.48. The van der Waals surface area contributed by atoms with Crippen LogP contribution >= 0.6 is 0 Å². The molecule has 0 aliphatic carbocycles. The van der Waals surface area contributed by atoms with Crippen molar-refractivity contribution >= 4 is 16.8 Å². The van der Waals surface area contributed by atoms with E-state index in [1.54, 1.807) is 6.20 Å². The second-order valence-electron chi connectivity index (χ2n) is 7.17. The summed E-state index contributed by atoms with van der Waals surface area (Å²) in [5.41, 5.74) is 1.62. The highest BCUT2D eigenvalue weighted by Crippen LogP contribution is 2.30. The van der Waals surface area contributed by atoms with Crippen LogP contribution in [-0.2, 0) is 13.0 Å². The van der Waals surface area contributed by atoms with E-state index < -0.39 is 0 Å². The smallest absolute Gasteiger partial charge is 0.254 e. The van der Waals surface area contributed by atoms with Gasteiger partial charge in [0.1, 0.15) is 11.6 Å². The van der Waals surface area contributed by atoms with E-state index in [0.717, 1.165) is 67.0 Å². The quantitative estimate of drug-likeness (QED) is 0.715. The minimum Gasteiger partial charge on any atom is -0.339 e. The fourth-order valence-electron chi connectivity index (χ4n) is 4.28. The molecule has 1 aromatic carbocycles. The third-order valence-corrected chi connectivity index (χ3v) is 5.66. The first kappa shape index (κ1) is 15.5. The fourth-order valence-corrected chi connectivity index (χ4v) is 4.28. The molecule has 1 saturated heterocycles. The molecule has 3 aromatic rings. The Hall–Kier alpha value is -2.76. The lowest BCUT2D eigenvalue weighted by atomic mass is 9.95. The number of carbonyl (C=O) groups excluding carboxylic acids is 1. The Morgan fingerprint density at radius 3 is 2.81 bits per heavy atom. The first-order valence-corrected chi connectivity index (χ1v) is 9.36. The van der Waals surface area contributed by atoms with Gasteiger partial charge in [-0.2, -0.15) is 0 Å². The molecule has 2 aliphatic heterocycles. The lowest BCUT2D eigenvalue weighted by Gasteiger charge is -2.32. The van der Waals surface area contributed by atoms with Gasteiger partial charge in [-0.1, -0.05) is 12.1 Å². The number of aromatic nitrogens is 4. The van der Waals surface area contributed by atoms with Crippen LogP contribution in [0.3, 0.4) is 0 Å². The first-order chi connectivity index (χ1) is 12.8. The molecule has 1 fully saturated rings. The molecule has 26 heavy (non-hydrogen) atoms. The molecular formula is C20H21N5O. The van der Waals surface area contributed by atoms with Gasteiger partial charge in [0, 0.05) is 49.1 Å². The molecule has 1 amide bonds. The van der Waals surface area contributed by atoms with Gasteiger partial charge in [0.2, 0.25) is 0 Å². The van der Waals surface area contributed by atoms with E-state index in [1.807, 2.05) is 35.2 Å². The second kappa shape index (κ2) is 6.20. The Kier molecular flexibility index (Phi) is 3.69. The van der Waals surface area contributed by atoms with Crippen LogP contribution in [0.15, 0.2) is 36.5 Å². The maximum atomic E-state index is 13.1. The standard InChI is InChI=1S/C20H21N5O/c26-20(16-4-1-6-17-15(16)5-2-10-21-17)24-12-8-14(9-13-24)19-23-22-18-7-3-11-25(18)19/h1-2,4-6,10,14H,3,7-9,11-13H2. The van der Waals surface area contributed by atoms with Gasteiger partial charge in [0.25, 0.3) is 5.91 Å². The number of amides is 1. The molecule has 0 N–H and O–H groups in total. The molecule has 2 aromatic heterocycles. The summed E-state index contributed by atoms with van der Waals surface area (Å²) in [6.07, 6.45) is 5.88. The summed E-state index contributed by atoms with van der Waals surface area (Å²) in [6.45, 7) is 2.57. The van der Waals surface area contributed by atoms with E-state index in [2.05, 4.69) is 19.7 Å². The monoisotopic (exact) mass is 347 g/mol. The number of likely N-dealkylation sites (tertiary alicyclic amines) is 1. The first-order valence-electron chi connectivity index (χ1n) is 9.36. The van der Waals surface area contributed by atoms with Crippen molar-refractivity contribution in [1.82, 2.24) is 24.6 Å². The molecule has 0 saturated carbocycles. The molecule has 0 radical (unpaired) electrons. The molecule has 5 rings (SSSR count). The van der Waals surface area contributed by atoms with Crippen molar-refractivity contribution < 1.29 is 4.79 Å². The summed E-state index contributed by atoms with van der Waals surface area (Å²) in [6, 6.07) is 9.63. The van der Waals surface area contributed by atoms with Gasteiger partial charge >= 0.3 is 0 Å². The van der Waals surface area contributed by atoms with Crippen molar-refractivity contribution in [3.63, 3.8) is 0 Å². The maximum absolute atomic E-state index is 13.1. The number of hydrogen-bond acceptors (Lipinski definition) is 4. The Morgan fingerprint density at radius 2 is 1.92 bits per heavy atom. The molecule has 132 valence electrons. The van der Waals surface area contributed by atoms with Crippen molar-refractivity contribution in [2.24, 2.45) is 0 Å². The number of hydrogen-bond donors (Lipinski definition) is 0. The van der Waals surface area contributed by atoms with E-state index in [-0.39, 0.29) is 5.91 Å². The Morgan fingerprint density at radius 1 is 1.04 bits per heavy atom. The van der Waals surface area contributed by atoms with Crippen LogP contribution in [-0.4, -0.2) is 43.6 Å². The van der Waals surface area contributed by atoms with Crippen molar-refractivity contribution in [3.05, 3.63) is 53.7 Å². The molecular weight excluding hydrogens is 326 g/mol. The normalized spacial score (nSPS) is 17.6. The lowest BCUT2D eigenvalue weighted by molar-refractivity contribution is 0.0712. The largest absolute Gasteiger partial charge is 0.339 e. The van der Waals surface area contributed by atoms with Crippen LogP contribution in [0.25, 0.3) is 10.9 Å². The molecule has 6 heteroatoms. The summed E-state index contributed by atoms with van der Waals surface area (Å²) < 4.78 is 2.29. The van der Waals surface area contributed by atoms with Crippen molar-refractivity contribution in [3.8, 4) is 0 Å². The van der Waals surface area contributed by atoms with Crippen molar-refractivity contribution in [1.29, 1.82) is 0 Å². The number of benzene rings is 1. The summed E-state index contributed by atoms with van der Waals surface area (Å²) in [5, 5.41) is 9.69. The number of pyridine rings is 1. The summed E-state index contributed by atoms with van der Waals surface area (Å²) in [4.78, 5) is 19.4.